The highest BCUT2D eigenvalue weighted by Crippen LogP contribution is 2.50. The van der Waals surface area contributed by atoms with Gasteiger partial charge in [-0.1, -0.05) is 313 Å². The van der Waals surface area contributed by atoms with E-state index in [0.29, 0.717) is 79.3 Å². The van der Waals surface area contributed by atoms with Crippen molar-refractivity contribution in [3.63, 3.8) is 0 Å². The molecular formula is C108H166O12. The van der Waals surface area contributed by atoms with Crippen molar-refractivity contribution in [2.75, 3.05) is 79.3 Å². The lowest BCUT2D eigenvalue weighted by Crippen LogP contribution is -2.05. The van der Waals surface area contributed by atoms with Crippen LogP contribution in [0, 0.1) is 0 Å². The molecule has 0 radical (unpaired) electrons. The van der Waals surface area contributed by atoms with Crippen LogP contribution >= 0.6 is 0 Å². The van der Waals surface area contributed by atoms with Crippen LogP contribution in [-0.4, -0.2) is 79.3 Å². The zero-order chi connectivity index (χ0) is 84.7. The lowest BCUT2D eigenvalue weighted by molar-refractivity contribution is 0.258. The van der Waals surface area contributed by atoms with E-state index in [1.807, 2.05) is 0 Å². The maximum atomic E-state index is 6.97. The molecule has 0 fully saturated rings. The molecule has 670 valence electrons. The van der Waals surface area contributed by atoms with Crippen molar-refractivity contribution in [3.8, 4) is 69.0 Å². The fourth-order valence-electron chi connectivity index (χ4n) is 16.5. The zero-order valence-corrected chi connectivity index (χ0v) is 77.7. The van der Waals surface area contributed by atoms with Gasteiger partial charge in [-0.3, -0.25) is 0 Å². The van der Waals surface area contributed by atoms with Crippen LogP contribution in [0.3, 0.4) is 0 Å². The van der Waals surface area contributed by atoms with Crippen LogP contribution in [0.1, 0.15) is 390 Å². The second-order valence-electron chi connectivity index (χ2n) is 34.4. The highest BCUT2D eigenvalue weighted by Gasteiger charge is 2.24. The normalized spacial score (nSPS) is 11.7. The molecule has 0 spiro atoms. The van der Waals surface area contributed by atoms with Gasteiger partial charge in [-0.05, 0) is 214 Å². The number of ether oxygens (including phenoxy) is 12. The van der Waals surface area contributed by atoms with Gasteiger partial charge in [-0.2, -0.15) is 0 Å². The van der Waals surface area contributed by atoms with Crippen molar-refractivity contribution in [3.05, 3.63) is 72.8 Å². The lowest BCUT2D eigenvalue weighted by atomic mass is 9.93. The Hall–Kier alpha value is -7.08. The fourth-order valence-corrected chi connectivity index (χ4v) is 16.5. The Morgan fingerprint density at radius 3 is 0.267 bits per heavy atom. The van der Waals surface area contributed by atoms with E-state index in [1.165, 1.54) is 167 Å². The van der Waals surface area contributed by atoms with Gasteiger partial charge in [0, 0.05) is 0 Å². The molecule has 12 heteroatoms. The van der Waals surface area contributed by atoms with Crippen molar-refractivity contribution in [2.45, 2.75) is 390 Å². The molecule has 8 aromatic rings. The summed E-state index contributed by atoms with van der Waals surface area (Å²) in [4.78, 5) is 0. The van der Waals surface area contributed by atoms with E-state index < -0.39 is 0 Å². The van der Waals surface area contributed by atoms with Gasteiger partial charge in [0.15, 0.2) is 69.0 Å². The molecule has 8 rings (SSSR count). The van der Waals surface area contributed by atoms with E-state index in [-0.39, 0.29) is 0 Å². The van der Waals surface area contributed by atoms with Gasteiger partial charge in [-0.25, -0.2) is 0 Å². The number of hydrogen-bond donors (Lipinski definition) is 0. The predicted molar refractivity (Wildman–Crippen MR) is 511 cm³/mol. The van der Waals surface area contributed by atoms with Crippen LogP contribution in [0.4, 0.5) is 0 Å². The first kappa shape index (κ1) is 98.4. The molecule has 0 aromatic heterocycles. The molecule has 12 nitrogen and oxygen atoms in total. The van der Waals surface area contributed by atoms with Crippen molar-refractivity contribution in [1.29, 1.82) is 0 Å². The molecule has 0 amide bonds. The number of rotatable bonds is 75. The van der Waals surface area contributed by atoms with Gasteiger partial charge >= 0.3 is 0 Å². The fraction of sp³-hybridized carbons (Fsp3) is 0.667. The molecule has 0 saturated carbocycles. The van der Waals surface area contributed by atoms with Crippen molar-refractivity contribution in [1.82, 2.24) is 0 Å². The van der Waals surface area contributed by atoms with E-state index in [9.17, 15) is 0 Å². The summed E-state index contributed by atoms with van der Waals surface area (Å²) in [6.07, 6.45) is 56.7. The Bertz CT molecular complexity index is 3720. The van der Waals surface area contributed by atoms with Crippen LogP contribution in [0.5, 0.6) is 69.0 Å². The van der Waals surface area contributed by atoms with Crippen molar-refractivity contribution < 1.29 is 56.8 Å². The Balaban J connectivity index is 0.986. The van der Waals surface area contributed by atoms with Crippen LogP contribution in [0.15, 0.2) is 72.8 Å². The summed E-state index contributed by atoms with van der Waals surface area (Å²) in [6, 6.07) is 27.1. The third-order valence-corrected chi connectivity index (χ3v) is 23.9. The highest BCUT2D eigenvalue weighted by molar-refractivity contribution is 6.28. The SMILES string of the molecule is CCCCCCOc1cc2c3cc(OCCCCCC)c(OCCCCCC)cc3c3cc(OCCCCCCCCCCCCOc4cc5c6cc(OCCCCCC)c(OCCCCCC)cc6c6cc(OCCCCCC)c(OCCCCCC)cc6c5cc4OCCCCCC)c(OCCCCCC)cc3c2cc1OCCCCCC. The van der Waals surface area contributed by atoms with Gasteiger partial charge in [0.2, 0.25) is 0 Å². The van der Waals surface area contributed by atoms with Crippen LogP contribution in [0.2, 0.25) is 0 Å². The molecule has 0 heterocycles. The van der Waals surface area contributed by atoms with E-state index in [0.717, 1.165) is 288 Å². The van der Waals surface area contributed by atoms with Crippen molar-refractivity contribution in [2.24, 2.45) is 0 Å². The summed E-state index contributed by atoms with van der Waals surface area (Å²) < 4.78 is 82.0. The molecule has 0 aliphatic carbocycles. The quantitative estimate of drug-likeness (QED) is 0.0267. The molecule has 0 bridgehead atoms. The first-order valence-corrected chi connectivity index (χ1v) is 49.9. The van der Waals surface area contributed by atoms with Crippen LogP contribution in [0.25, 0.3) is 64.6 Å². The number of unbranched alkanes of at least 4 members (excludes halogenated alkanes) is 39. The number of fused-ring (bicyclic) bond motifs is 12. The highest BCUT2D eigenvalue weighted by atomic mass is 16.5. The second-order valence-corrected chi connectivity index (χ2v) is 34.4. The van der Waals surface area contributed by atoms with Crippen LogP contribution in [-0.2, 0) is 0 Å². The molecule has 8 aromatic carbocycles. The zero-order valence-electron chi connectivity index (χ0n) is 77.7. The van der Waals surface area contributed by atoms with Crippen LogP contribution < -0.4 is 56.8 Å². The molecule has 0 aliphatic heterocycles. The summed E-state index contributed by atoms with van der Waals surface area (Å²) >= 11 is 0. The number of hydrogen-bond acceptors (Lipinski definition) is 12. The third-order valence-electron chi connectivity index (χ3n) is 23.9. The van der Waals surface area contributed by atoms with Gasteiger partial charge in [0.1, 0.15) is 0 Å². The Labute approximate surface area is 728 Å². The number of benzene rings is 8. The predicted octanol–water partition coefficient (Wildman–Crippen LogP) is 33.6. The van der Waals surface area contributed by atoms with Gasteiger partial charge in [-0.15, -0.1) is 0 Å². The van der Waals surface area contributed by atoms with Gasteiger partial charge in [0.05, 0.1) is 79.3 Å². The minimum Gasteiger partial charge on any atom is -0.490 e. The monoisotopic (exact) mass is 1660 g/mol. The average molecular weight is 1660 g/mol. The minimum atomic E-state index is 0.623. The second kappa shape index (κ2) is 60.5. The first-order valence-electron chi connectivity index (χ1n) is 49.9. The first-order chi connectivity index (χ1) is 59.3. The summed E-state index contributed by atoms with van der Waals surface area (Å²) in [5, 5.41) is 13.3. The topological polar surface area (TPSA) is 111 Å². The smallest absolute Gasteiger partial charge is 0.161 e. The average Bonchev–Trinajstić information content (AvgIpc) is 0.731. The van der Waals surface area contributed by atoms with Gasteiger partial charge in [0.25, 0.3) is 0 Å². The maximum Gasteiger partial charge on any atom is 0.161 e. The summed E-state index contributed by atoms with van der Waals surface area (Å²) in [5.74, 6) is 9.62. The maximum absolute atomic E-state index is 6.97. The standard InChI is InChI=1S/C108H166O12/c1-11-21-31-49-61-109-97-73-85-87-75-99(111-63-51-33-23-13-3)103(115-67-55-37-27-17-7)79-91(87)95-83-107(105(117-69-57-39-29-19-9)81-93(95)89(85)77-101(97)113-65-53-35-25-15-5)119-71-59-47-45-43-41-42-44-46-48-60-72-120-108-84-96-92-80-104(116-68-56-38-28-18-8)100(112-64-52-34-24-14-4)76-88(92)86-74-98(110-62-50-32-22-12-2)102(114-66-54-36-26-16-6)78-90(86)94(96)82-106(108)118-70-58-40-30-20-10/h73-84H,11-72H2,1-10H3. The Morgan fingerprint density at radius 2 is 0.183 bits per heavy atom. The molecule has 0 atom stereocenters. The summed E-state index contributed by atoms with van der Waals surface area (Å²) in [7, 11) is 0. The largest absolute Gasteiger partial charge is 0.490 e. The molecule has 120 heavy (non-hydrogen) atoms. The lowest BCUT2D eigenvalue weighted by Gasteiger charge is -2.21. The third kappa shape index (κ3) is 33.5. The van der Waals surface area contributed by atoms with E-state index >= 15 is 0 Å². The molecule has 0 saturated heterocycles. The van der Waals surface area contributed by atoms with E-state index in [4.69, 9.17) is 56.8 Å². The van der Waals surface area contributed by atoms with Crippen molar-refractivity contribution >= 4 is 64.6 Å². The van der Waals surface area contributed by atoms with E-state index in [2.05, 4.69) is 142 Å². The minimum absolute atomic E-state index is 0.623. The summed E-state index contributed by atoms with van der Waals surface area (Å²) in [5.41, 5.74) is 0. The Kier molecular flexibility index (Phi) is 49.6. The molecular weight excluding hydrogens is 1490 g/mol. The Morgan fingerprint density at radius 1 is 0.108 bits per heavy atom. The molecule has 0 N–H and O–H groups in total. The summed E-state index contributed by atoms with van der Waals surface area (Å²) in [6.45, 7) is 30.3. The molecule has 0 aliphatic rings. The van der Waals surface area contributed by atoms with E-state index in [1.54, 1.807) is 0 Å². The van der Waals surface area contributed by atoms with Gasteiger partial charge < -0.3 is 56.8 Å². The molecule has 0 unspecified atom stereocenters.